The van der Waals surface area contributed by atoms with Gasteiger partial charge in [0, 0.05) is 18.3 Å². The van der Waals surface area contributed by atoms with Crippen LogP contribution in [0.4, 0.5) is 0 Å². The number of rotatable bonds is 7. The molecule has 0 bridgehead atoms. The molecule has 0 spiro atoms. The molecule has 0 fully saturated rings. The number of sulfonamides is 1. The van der Waals surface area contributed by atoms with Gasteiger partial charge in [-0.3, -0.25) is 9.78 Å². The largest absolute Gasteiger partial charge is 0.456 e. The van der Waals surface area contributed by atoms with Gasteiger partial charge in [0.05, 0.1) is 11.1 Å². The molecule has 144 valence electrons. The van der Waals surface area contributed by atoms with Crippen LogP contribution in [-0.2, 0) is 16.6 Å². The Labute approximate surface area is 163 Å². The lowest BCUT2D eigenvalue weighted by molar-refractivity contribution is 0.0951. The molecule has 0 saturated heterocycles. The predicted molar refractivity (Wildman–Crippen MR) is 105 cm³/mol. The summed E-state index contributed by atoms with van der Waals surface area (Å²) in [5.41, 5.74) is 1.29. The molecule has 0 saturated carbocycles. The molecule has 2 aromatic carbocycles. The minimum atomic E-state index is -3.47. The highest BCUT2D eigenvalue weighted by Gasteiger charge is 2.11. The number of carbonyl (C=O) groups is 1. The Balaban J connectivity index is 1.57. The van der Waals surface area contributed by atoms with Crippen molar-refractivity contribution < 1.29 is 17.9 Å². The molecule has 28 heavy (non-hydrogen) atoms. The van der Waals surface area contributed by atoms with Crippen LogP contribution in [0, 0.1) is 0 Å². The molecule has 0 aliphatic carbocycles. The molecule has 3 rings (SSSR count). The Morgan fingerprint density at radius 3 is 2.32 bits per heavy atom. The molecule has 2 N–H and O–H groups in total. The van der Waals surface area contributed by atoms with E-state index in [9.17, 15) is 13.2 Å². The van der Waals surface area contributed by atoms with Gasteiger partial charge in [-0.25, -0.2) is 13.1 Å². The van der Waals surface area contributed by atoms with E-state index >= 15 is 0 Å². The van der Waals surface area contributed by atoms with Crippen molar-refractivity contribution in [3.63, 3.8) is 0 Å². The zero-order valence-electron chi connectivity index (χ0n) is 15.1. The summed E-state index contributed by atoms with van der Waals surface area (Å²) >= 11 is 0. The van der Waals surface area contributed by atoms with Crippen molar-refractivity contribution >= 4 is 15.9 Å². The van der Waals surface area contributed by atoms with Crippen molar-refractivity contribution in [1.29, 1.82) is 0 Å². The van der Waals surface area contributed by atoms with E-state index in [1.54, 1.807) is 60.9 Å². The third-order valence-corrected chi connectivity index (χ3v) is 5.37. The van der Waals surface area contributed by atoms with Crippen molar-refractivity contribution in [1.82, 2.24) is 15.0 Å². The van der Waals surface area contributed by atoms with Crippen molar-refractivity contribution in [2.75, 3.05) is 7.05 Å². The van der Waals surface area contributed by atoms with Crippen LogP contribution in [-0.4, -0.2) is 26.4 Å². The number of hydrogen-bond donors (Lipinski definition) is 2. The first kappa shape index (κ1) is 19.5. The number of nitrogens with one attached hydrogen (secondary N) is 2. The second-order valence-electron chi connectivity index (χ2n) is 5.85. The number of aromatic nitrogens is 1. The molecule has 8 heteroatoms. The average Bonchev–Trinajstić information content (AvgIpc) is 2.73. The maximum Gasteiger partial charge on any atom is 0.251 e. The van der Waals surface area contributed by atoms with Crippen LogP contribution < -0.4 is 14.8 Å². The van der Waals surface area contributed by atoms with E-state index in [0.29, 0.717) is 17.1 Å². The molecule has 3 aromatic rings. The van der Waals surface area contributed by atoms with Gasteiger partial charge in [0.15, 0.2) is 0 Å². The van der Waals surface area contributed by atoms with E-state index in [-0.39, 0.29) is 17.3 Å². The van der Waals surface area contributed by atoms with Crippen molar-refractivity contribution in [3.05, 3.63) is 84.2 Å². The maximum absolute atomic E-state index is 12.3. The zero-order valence-corrected chi connectivity index (χ0v) is 15.9. The molecular weight excluding hydrogens is 378 g/mol. The van der Waals surface area contributed by atoms with Gasteiger partial charge in [0.25, 0.3) is 5.91 Å². The molecule has 0 unspecified atom stereocenters. The number of benzene rings is 2. The minimum Gasteiger partial charge on any atom is -0.456 e. The summed E-state index contributed by atoms with van der Waals surface area (Å²) < 4.78 is 31.3. The van der Waals surface area contributed by atoms with Gasteiger partial charge in [-0.1, -0.05) is 12.1 Å². The first-order valence-corrected chi connectivity index (χ1v) is 9.95. The summed E-state index contributed by atoms with van der Waals surface area (Å²) in [7, 11) is -2.11. The normalized spacial score (nSPS) is 11.0. The second kappa shape index (κ2) is 8.64. The maximum atomic E-state index is 12.3. The van der Waals surface area contributed by atoms with E-state index in [4.69, 9.17) is 4.74 Å². The Morgan fingerprint density at radius 2 is 1.71 bits per heavy atom. The molecule has 1 heterocycles. The quantitative estimate of drug-likeness (QED) is 0.639. The Kier molecular flexibility index (Phi) is 6.03. The molecule has 1 amide bonds. The standard InChI is InChI=1S/C20H19N3O4S/c1-21-28(25,26)19-10-4-15(5-11-19)13-23-20(24)16-6-8-17(9-7-16)27-18-3-2-12-22-14-18/h2-12,14,21H,13H2,1H3,(H,23,24). The molecule has 0 aliphatic heterocycles. The Hall–Kier alpha value is -3.23. The highest BCUT2D eigenvalue weighted by molar-refractivity contribution is 7.89. The first-order valence-electron chi connectivity index (χ1n) is 8.46. The van der Waals surface area contributed by atoms with Crippen LogP contribution in [0.3, 0.4) is 0 Å². The molecule has 0 radical (unpaired) electrons. The van der Waals surface area contributed by atoms with Crippen molar-refractivity contribution in [2.24, 2.45) is 0 Å². The van der Waals surface area contributed by atoms with Gasteiger partial charge in [0.1, 0.15) is 11.5 Å². The summed E-state index contributed by atoms with van der Waals surface area (Å²) in [5, 5.41) is 2.80. The summed E-state index contributed by atoms with van der Waals surface area (Å²) in [5.74, 6) is 0.981. The van der Waals surface area contributed by atoms with Crippen LogP contribution >= 0.6 is 0 Å². The van der Waals surface area contributed by atoms with Crippen LogP contribution in [0.2, 0.25) is 0 Å². The molecule has 1 aromatic heterocycles. The molecular formula is C20H19N3O4S. The fourth-order valence-electron chi connectivity index (χ4n) is 2.41. The first-order chi connectivity index (χ1) is 13.5. The monoisotopic (exact) mass is 397 g/mol. The van der Waals surface area contributed by atoms with Crippen LogP contribution in [0.15, 0.2) is 78.0 Å². The van der Waals surface area contributed by atoms with Crippen molar-refractivity contribution in [3.8, 4) is 11.5 Å². The minimum absolute atomic E-state index is 0.175. The number of ether oxygens (including phenoxy) is 1. The van der Waals surface area contributed by atoms with Gasteiger partial charge < -0.3 is 10.1 Å². The molecule has 7 nitrogen and oxygen atoms in total. The summed E-state index contributed by atoms with van der Waals surface area (Å²) in [4.78, 5) is 16.4. The topological polar surface area (TPSA) is 97.4 Å². The lowest BCUT2D eigenvalue weighted by Gasteiger charge is -2.08. The van der Waals surface area contributed by atoms with E-state index in [1.165, 1.54) is 19.2 Å². The third kappa shape index (κ3) is 4.93. The van der Waals surface area contributed by atoms with E-state index < -0.39 is 10.0 Å². The van der Waals surface area contributed by atoms with Gasteiger partial charge in [-0.15, -0.1) is 0 Å². The Bertz CT molecular complexity index is 1040. The van der Waals surface area contributed by atoms with Crippen LogP contribution in [0.25, 0.3) is 0 Å². The lowest BCUT2D eigenvalue weighted by atomic mass is 10.2. The van der Waals surface area contributed by atoms with E-state index in [0.717, 1.165) is 5.56 Å². The fraction of sp³-hybridized carbons (Fsp3) is 0.100. The Morgan fingerprint density at radius 1 is 1.00 bits per heavy atom. The van der Waals surface area contributed by atoms with Crippen molar-refractivity contribution in [2.45, 2.75) is 11.4 Å². The lowest BCUT2D eigenvalue weighted by Crippen LogP contribution is -2.23. The second-order valence-corrected chi connectivity index (χ2v) is 7.74. The van der Waals surface area contributed by atoms with Gasteiger partial charge >= 0.3 is 0 Å². The number of nitrogens with zero attached hydrogens (tertiary/aromatic N) is 1. The third-order valence-electron chi connectivity index (χ3n) is 3.94. The highest BCUT2D eigenvalue weighted by atomic mass is 32.2. The summed E-state index contributed by atoms with van der Waals surface area (Å²) in [6.07, 6.45) is 3.27. The predicted octanol–water partition coefficient (Wildman–Crippen LogP) is 2.71. The van der Waals surface area contributed by atoms with Gasteiger partial charge in [-0.05, 0) is 61.1 Å². The summed E-state index contributed by atoms with van der Waals surface area (Å²) in [6.45, 7) is 0.284. The highest BCUT2D eigenvalue weighted by Crippen LogP contribution is 2.20. The zero-order chi connectivity index (χ0) is 20.0. The fourth-order valence-corrected chi connectivity index (χ4v) is 3.14. The van der Waals surface area contributed by atoms with Gasteiger partial charge in [-0.2, -0.15) is 0 Å². The number of hydrogen-bond acceptors (Lipinski definition) is 5. The molecule has 0 aliphatic rings. The van der Waals surface area contributed by atoms with E-state index in [1.807, 2.05) is 0 Å². The summed E-state index contributed by atoms with van der Waals surface area (Å²) in [6, 6.07) is 16.6. The van der Waals surface area contributed by atoms with Gasteiger partial charge in [0.2, 0.25) is 10.0 Å². The van der Waals surface area contributed by atoms with E-state index in [2.05, 4.69) is 15.0 Å². The number of carbonyl (C=O) groups excluding carboxylic acids is 1. The number of pyridine rings is 1. The smallest absolute Gasteiger partial charge is 0.251 e. The van der Waals surface area contributed by atoms with Crippen LogP contribution in [0.1, 0.15) is 15.9 Å². The average molecular weight is 397 g/mol. The molecule has 0 atom stereocenters. The SMILES string of the molecule is CNS(=O)(=O)c1ccc(CNC(=O)c2ccc(Oc3cccnc3)cc2)cc1. The number of amides is 1. The van der Waals surface area contributed by atoms with Crippen LogP contribution in [0.5, 0.6) is 11.5 Å².